The predicted molar refractivity (Wildman–Crippen MR) is 71.9 cm³/mol. The van der Waals surface area contributed by atoms with Crippen LogP contribution in [0.3, 0.4) is 0 Å². The lowest BCUT2D eigenvalue weighted by atomic mass is 9.85. The quantitative estimate of drug-likeness (QED) is 0.740. The number of carbonyl (C=O) groups is 1. The van der Waals surface area contributed by atoms with E-state index in [1.54, 1.807) is 0 Å². The summed E-state index contributed by atoms with van der Waals surface area (Å²) in [6, 6.07) is 0.105. The highest BCUT2D eigenvalue weighted by atomic mass is 16.5. The summed E-state index contributed by atoms with van der Waals surface area (Å²) in [5.41, 5.74) is 0. The molecule has 0 aromatic carbocycles. The summed E-state index contributed by atoms with van der Waals surface area (Å²) in [5.74, 6) is 1.04. The van der Waals surface area contributed by atoms with Crippen molar-refractivity contribution in [1.82, 2.24) is 10.4 Å². The van der Waals surface area contributed by atoms with Crippen LogP contribution in [-0.2, 0) is 4.79 Å². The molecule has 0 bridgehead atoms. The molecule has 104 valence electrons. The Morgan fingerprint density at radius 2 is 1.89 bits per heavy atom. The van der Waals surface area contributed by atoms with Crippen molar-refractivity contribution < 1.29 is 4.79 Å². The van der Waals surface area contributed by atoms with Crippen LogP contribution in [0.25, 0.3) is 0 Å². The fraction of sp³-hybridized carbons (Fsp3) is 0.929. The molecule has 1 aliphatic heterocycles. The molecule has 0 spiro atoms. The zero-order valence-electron chi connectivity index (χ0n) is 11.2. The molecule has 2 rings (SSSR count). The number of carbonyl (C=O) groups excluding carboxylic acids is 1. The van der Waals surface area contributed by atoms with Crippen LogP contribution in [-0.4, -0.2) is 30.1 Å². The molecule has 0 aromatic heterocycles. The van der Waals surface area contributed by atoms with Crippen molar-refractivity contribution in [2.24, 2.45) is 5.92 Å². The minimum atomic E-state index is 0.105. The Kier molecular flexibility index (Phi) is 5.45. The summed E-state index contributed by atoms with van der Waals surface area (Å²) < 4.78 is 0. The van der Waals surface area contributed by atoms with Crippen LogP contribution in [0.2, 0.25) is 0 Å². The van der Waals surface area contributed by atoms with Gasteiger partial charge in [0.05, 0.1) is 6.04 Å². The van der Waals surface area contributed by atoms with Gasteiger partial charge in [-0.1, -0.05) is 44.9 Å². The molecule has 4 nitrogen and oxygen atoms in total. The molecule has 1 N–H and O–H groups in total. The van der Waals surface area contributed by atoms with Gasteiger partial charge in [-0.3, -0.25) is 4.79 Å². The summed E-state index contributed by atoms with van der Waals surface area (Å²) in [6.45, 7) is 0.932. The van der Waals surface area contributed by atoms with Gasteiger partial charge in [0, 0.05) is 19.5 Å². The predicted octanol–water partition coefficient (Wildman–Crippen LogP) is 2.43. The maximum Gasteiger partial charge on any atom is 0.220 e. The van der Waals surface area contributed by atoms with E-state index < -0.39 is 0 Å². The minimum Gasteiger partial charge on any atom is -0.785 e. The Balaban J connectivity index is 1.46. The van der Waals surface area contributed by atoms with Gasteiger partial charge in [0.25, 0.3) is 0 Å². The molecule has 1 aliphatic carbocycles. The summed E-state index contributed by atoms with van der Waals surface area (Å²) >= 11 is 0. The van der Waals surface area contributed by atoms with Gasteiger partial charge < -0.3 is 15.6 Å². The zero-order chi connectivity index (χ0) is 12.8. The Hall–Kier alpha value is -0.610. The van der Waals surface area contributed by atoms with Crippen molar-refractivity contribution in [2.45, 2.75) is 63.8 Å². The van der Waals surface area contributed by atoms with E-state index in [1.165, 1.54) is 44.9 Å². The lowest BCUT2D eigenvalue weighted by molar-refractivity contribution is -0.122. The van der Waals surface area contributed by atoms with Crippen molar-refractivity contribution in [3.05, 3.63) is 5.21 Å². The van der Waals surface area contributed by atoms with E-state index in [0.29, 0.717) is 19.5 Å². The highest BCUT2D eigenvalue weighted by Gasteiger charge is 2.21. The van der Waals surface area contributed by atoms with Crippen molar-refractivity contribution in [3.8, 4) is 0 Å². The summed E-state index contributed by atoms with van der Waals surface area (Å²) in [7, 11) is 0. The van der Waals surface area contributed by atoms with E-state index in [1.807, 2.05) is 0 Å². The van der Waals surface area contributed by atoms with Crippen LogP contribution >= 0.6 is 0 Å². The molecule has 1 saturated heterocycles. The molecule has 0 atom stereocenters. The first kappa shape index (κ1) is 13.8. The van der Waals surface area contributed by atoms with E-state index in [2.05, 4.69) is 5.32 Å². The fourth-order valence-electron chi connectivity index (χ4n) is 3.02. The molecule has 0 aromatic rings. The third kappa shape index (κ3) is 4.58. The highest BCUT2D eigenvalue weighted by molar-refractivity contribution is 5.76. The number of unbranched alkanes of at least 4 members (excludes halogenated alkanes) is 1. The third-order valence-corrected chi connectivity index (χ3v) is 4.20. The van der Waals surface area contributed by atoms with Crippen LogP contribution < -0.4 is 5.32 Å². The van der Waals surface area contributed by atoms with Gasteiger partial charge in [-0.05, 0) is 12.3 Å². The maximum atomic E-state index is 11.6. The lowest BCUT2D eigenvalue weighted by Gasteiger charge is -2.44. The number of nitrogens with zero attached hydrogens (tertiary/aromatic N) is 1. The number of hydroxylamine groups is 2. The Morgan fingerprint density at radius 3 is 2.56 bits per heavy atom. The average molecular weight is 253 g/mol. The van der Waals surface area contributed by atoms with Crippen LogP contribution in [0, 0.1) is 11.1 Å². The van der Waals surface area contributed by atoms with Gasteiger partial charge in [0.1, 0.15) is 0 Å². The molecule has 0 radical (unpaired) electrons. The second-order valence-corrected chi connectivity index (χ2v) is 5.86. The van der Waals surface area contributed by atoms with Crippen LogP contribution in [0.1, 0.15) is 57.8 Å². The fourth-order valence-corrected chi connectivity index (χ4v) is 3.02. The molecule has 2 fully saturated rings. The molecule has 0 unspecified atom stereocenters. The summed E-state index contributed by atoms with van der Waals surface area (Å²) in [5, 5.41) is 14.6. The molecular formula is C14H25N2O2-. The van der Waals surface area contributed by atoms with Gasteiger partial charge in [0.2, 0.25) is 5.91 Å². The molecular weight excluding hydrogens is 228 g/mol. The molecule has 1 heterocycles. The highest BCUT2D eigenvalue weighted by Crippen LogP contribution is 2.27. The topological polar surface area (TPSA) is 55.4 Å². The number of rotatable bonds is 6. The second kappa shape index (κ2) is 7.10. The largest absolute Gasteiger partial charge is 0.785 e. The van der Waals surface area contributed by atoms with E-state index in [0.717, 1.165) is 17.4 Å². The van der Waals surface area contributed by atoms with Gasteiger partial charge in [-0.25, -0.2) is 0 Å². The Morgan fingerprint density at radius 1 is 1.17 bits per heavy atom. The molecule has 18 heavy (non-hydrogen) atoms. The number of nitrogens with one attached hydrogen (secondary N) is 1. The Labute approximate surface area is 110 Å². The van der Waals surface area contributed by atoms with E-state index in [4.69, 9.17) is 0 Å². The van der Waals surface area contributed by atoms with E-state index in [-0.39, 0.29) is 11.9 Å². The Bertz CT molecular complexity index is 259. The molecule has 2 aliphatic rings. The van der Waals surface area contributed by atoms with Crippen molar-refractivity contribution in [2.75, 3.05) is 13.1 Å². The van der Waals surface area contributed by atoms with Crippen LogP contribution in [0.15, 0.2) is 0 Å². The minimum absolute atomic E-state index is 0.105. The van der Waals surface area contributed by atoms with Crippen LogP contribution in [0.4, 0.5) is 0 Å². The first-order chi connectivity index (χ1) is 8.74. The SMILES string of the molecule is O=C(CCCCC1CCCCC1)NC1CN([O-])C1. The first-order valence-electron chi connectivity index (χ1n) is 7.45. The number of amides is 1. The average Bonchev–Trinajstić information content (AvgIpc) is 2.34. The summed E-state index contributed by atoms with van der Waals surface area (Å²) in [4.78, 5) is 11.6. The van der Waals surface area contributed by atoms with Gasteiger partial charge >= 0.3 is 0 Å². The van der Waals surface area contributed by atoms with Crippen molar-refractivity contribution in [3.63, 3.8) is 0 Å². The second-order valence-electron chi connectivity index (χ2n) is 5.86. The maximum absolute atomic E-state index is 11.6. The number of hydrogen-bond acceptors (Lipinski definition) is 3. The zero-order valence-corrected chi connectivity index (χ0v) is 11.2. The normalized spacial score (nSPS) is 22.7. The van der Waals surface area contributed by atoms with Crippen LogP contribution in [0.5, 0.6) is 0 Å². The van der Waals surface area contributed by atoms with Gasteiger partial charge in [-0.2, -0.15) is 0 Å². The molecule has 1 saturated carbocycles. The monoisotopic (exact) mass is 253 g/mol. The van der Waals surface area contributed by atoms with Crippen molar-refractivity contribution in [1.29, 1.82) is 0 Å². The van der Waals surface area contributed by atoms with E-state index >= 15 is 0 Å². The first-order valence-corrected chi connectivity index (χ1v) is 7.45. The van der Waals surface area contributed by atoms with E-state index in [9.17, 15) is 10.0 Å². The van der Waals surface area contributed by atoms with Gasteiger partial charge in [-0.15, -0.1) is 0 Å². The number of hydrogen-bond donors (Lipinski definition) is 1. The van der Waals surface area contributed by atoms with Gasteiger partial charge in [0.15, 0.2) is 0 Å². The third-order valence-electron chi connectivity index (χ3n) is 4.20. The molecule has 4 heteroatoms. The smallest absolute Gasteiger partial charge is 0.220 e. The standard InChI is InChI=1S/C14H25N2O2/c17-14(15-13-10-16(18)11-13)9-5-4-8-12-6-2-1-3-7-12/h12-13H,1-11H2,(H,15,17)/q-1. The molecule has 1 amide bonds. The lowest BCUT2D eigenvalue weighted by Crippen LogP contribution is -2.56. The van der Waals surface area contributed by atoms with Crippen molar-refractivity contribution >= 4 is 5.91 Å². The summed E-state index contributed by atoms with van der Waals surface area (Å²) in [6.07, 6.45) is 11.1.